The van der Waals surface area contributed by atoms with Crippen molar-refractivity contribution in [1.82, 2.24) is 19.8 Å². The average molecular weight is 336 g/mol. The summed E-state index contributed by atoms with van der Waals surface area (Å²) in [6, 6.07) is 10.1. The van der Waals surface area contributed by atoms with Crippen LogP contribution < -0.4 is 0 Å². The fraction of sp³-hybridized carbons (Fsp3) is 0.368. The maximum atomic E-state index is 12.4. The lowest BCUT2D eigenvalue weighted by molar-refractivity contribution is -0.159. The zero-order valence-electron chi connectivity index (χ0n) is 14.0. The summed E-state index contributed by atoms with van der Waals surface area (Å²) in [4.78, 5) is 36.8. The standard InChI is InChI=1S/C19H20N4O2/c24-18-19(25)23(16-7-4-8-16)10-9-22(18)13-15-11-21-17(12-20-15)14-5-2-1-3-6-14/h1-3,5-6,11-12,16H,4,7-10,13H2. The third-order valence-electron chi connectivity index (χ3n) is 4.99. The zero-order valence-corrected chi connectivity index (χ0v) is 14.0. The predicted molar refractivity (Wildman–Crippen MR) is 92.2 cm³/mol. The van der Waals surface area contributed by atoms with E-state index in [9.17, 15) is 9.59 Å². The number of benzene rings is 1. The van der Waals surface area contributed by atoms with Gasteiger partial charge >= 0.3 is 11.8 Å². The Morgan fingerprint density at radius 3 is 2.40 bits per heavy atom. The summed E-state index contributed by atoms with van der Waals surface area (Å²) in [5.74, 6) is -0.795. The minimum absolute atomic E-state index is 0.267. The molecule has 1 aliphatic carbocycles. The molecule has 0 unspecified atom stereocenters. The van der Waals surface area contributed by atoms with Gasteiger partial charge in [-0.1, -0.05) is 30.3 Å². The van der Waals surface area contributed by atoms with Gasteiger partial charge in [0.05, 0.1) is 30.3 Å². The summed E-state index contributed by atoms with van der Waals surface area (Å²) in [5.41, 5.74) is 2.49. The van der Waals surface area contributed by atoms with Gasteiger partial charge in [0, 0.05) is 24.7 Å². The number of rotatable bonds is 4. The number of carbonyl (C=O) groups is 2. The van der Waals surface area contributed by atoms with Gasteiger partial charge in [-0.05, 0) is 19.3 Å². The van der Waals surface area contributed by atoms with E-state index >= 15 is 0 Å². The molecule has 0 radical (unpaired) electrons. The van der Waals surface area contributed by atoms with Gasteiger partial charge in [-0.25, -0.2) is 0 Å². The molecule has 1 saturated heterocycles. The number of aromatic nitrogens is 2. The number of piperazine rings is 1. The Balaban J connectivity index is 1.42. The maximum Gasteiger partial charge on any atom is 0.312 e. The monoisotopic (exact) mass is 336 g/mol. The van der Waals surface area contributed by atoms with Gasteiger partial charge in [0.15, 0.2) is 0 Å². The summed E-state index contributed by atoms with van der Waals surface area (Å²) in [7, 11) is 0. The van der Waals surface area contributed by atoms with Gasteiger partial charge in [0.25, 0.3) is 0 Å². The molecule has 4 rings (SSSR count). The van der Waals surface area contributed by atoms with E-state index in [1.807, 2.05) is 30.3 Å². The Morgan fingerprint density at radius 1 is 0.960 bits per heavy atom. The lowest BCUT2D eigenvalue weighted by Crippen LogP contribution is -2.58. The SMILES string of the molecule is O=C1C(=O)N(C2CCC2)CCN1Cc1cnc(-c2ccccc2)cn1. The Labute approximate surface area is 146 Å². The Bertz CT molecular complexity index is 772. The molecule has 0 bridgehead atoms. The highest BCUT2D eigenvalue weighted by Gasteiger charge is 2.38. The number of hydrogen-bond donors (Lipinski definition) is 0. The Kier molecular flexibility index (Phi) is 4.17. The number of hydrogen-bond acceptors (Lipinski definition) is 4. The maximum absolute atomic E-state index is 12.4. The number of amides is 2. The van der Waals surface area contributed by atoms with Crippen LogP contribution in [-0.2, 0) is 16.1 Å². The minimum atomic E-state index is -0.424. The van der Waals surface area contributed by atoms with Crippen LogP contribution in [0.3, 0.4) is 0 Å². The van der Waals surface area contributed by atoms with Crippen molar-refractivity contribution in [2.75, 3.05) is 13.1 Å². The van der Waals surface area contributed by atoms with Gasteiger partial charge in [-0.2, -0.15) is 0 Å². The lowest BCUT2D eigenvalue weighted by atomic mass is 9.91. The number of carbonyl (C=O) groups excluding carboxylic acids is 2. The molecule has 0 spiro atoms. The largest absolute Gasteiger partial charge is 0.330 e. The van der Waals surface area contributed by atoms with Crippen LogP contribution in [0.2, 0.25) is 0 Å². The molecule has 2 amide bonds. The molecule has 1 aromatic heterocycles. The predicted octanol–water partition coefficient (Wildman–Crippen LogP) is 1.87. The quantitative estimate of drug-likeness (QED) is 0.800. The molecule has 1 saturated carbocycles. The topological polar surface area (TPSA) is 66.4 Å². The van der Waals surface area contributed by atoms with E-state index in [-0.39, 0.29) is 11.9 Å². The van der Waals surface area contributed by atoms with E-state index in [4.69, 9.17) is 0 Å². The van der Waals surface area contributed by atoms with Crippen LogP contribution >= 0.6 is 0 Å². The van der Waals surface area contributed by atoms with Crippen LogP contribution in [0.1, 0.15) is 25.0 Å². The molecule has 6 nitrogen and oxygen atoms in total. The first kappa shape index (κ1) is 15.7. The summed E-state index contributed by atoms with van der Waals surface area (Å²) < 4.78 is 0. The van der Waals surface area contributed by atoms with Crippen molar-refractivity contribution in [2.24, 2.45) is 0 Å². The first-order valence-electron chi connectivity index (χ1n) is 8.68. The van der Waals surface area contributed by atoms with Crippen LogP contribution in [0, 0.1) is 0 Å². The van der Waals surface area contributed by atoms with Crippen molar-refractivity contribution in [1.29, 1.82) is 0 Å². The van der Waals surface area contributed by atoms with Crippen molar-refractivity contribution in [3.05, 3.63) is 48.4 Å². The molecular formula is C19H20N4O2. The molecule has 1 aliphatic heterocycles. The molecular weight excluding hydrogens is 316 g/mol. The summed E-state index contributed by atoms with van der Waals surface area (Å²) in [6.45, 7) is 1.50. The summed E-state index contributed by atoms with van der Waals surface area (Å²) >= 11 is 0. The van der Waals surface area contributed by atoms with Crippen molar-refractivity contribution in [3.63, 3.8) is 0 Å². The summed E-state index contributed by atoms with van der Waals surface area (Å²) in [6.07, 6.45) is 6.58. The van der Waals surface area contributed by atoms with Crippen molar-refractivity contribution < 1.29 is 9.59 Å². The normalized spacial score (nSPS) is 18.4. The van der Waals surface area contributed by atoms with E-state index in [0.717, 1.165) is 30.5 Å². The molecule has 2 aliphatic rings. The molecule has 6 heteroatoms. The van der Waals surface area contributed by atoms with Gasteiger partial charge in [0.2, 0.25) is 0 Å². The zero-order chi connectivity index (χ0) is 17.2. The first-order valence-corrected chi connectivity index (χ1v) is 8.68. The van der Waals surface area contributed by atoms with Gasteiger partial charge in [-0.15, -0.1) is 0 Å². The van der Waals surface area contributed by atoms with Gasteiger partial charge in [-0.3, -0.25) is 19.6 Å². The molecule has 0 atom stereocenters. The molecule has 2 fully saturated rings. The van der Waals surface area contributed by atoms with E-state index in [2.05, 4.69) is 9.97 Å². The van der Waals surface area contributed by atoms with E-state index in [0.29, 0.717) is 25.3 Å². The fourth-order valence-electron chi connectivity index (χ4n) is 3.28. The van der Waals surface area contributed by atoms with E-state index < -0.39 is 5.91 Å². The van der Waals surface area contributed by atoms with E-state index in [1.54, 1.807) is 22.2 Å². The van der Waals surface area contributed by atoms with Crippen molar-refractivity contribution in [3.8, 4) is 11.3 Å². The van der Waals surface area contributed by atoms with Crippen LogP contribution in [0.4, 0.5) is 0 Å². The molecule has 2 aromatic rings. The van der Waals surface area contributed by atoms with Gasteiger partial charge < -0.3 is 9.80 Å². The van der Waals surface area contributed by atoms with Gasteiger partial charge in [0.1, 0.15) is 0 Å². The average Bonchev–Trinajstić information content (AvgIpc) is 2.61. The second kappa shape index (κ2) is 6.63. The third kappa shape index (κ3) is 3.12. The minimum Gasteiger partial charge on any atom is -0.330 e. The number of nitrogens with zero attached hydrogens (tertiary/aromatic N) is 4. The van der Waals surface area contributed by atoms with Crippen LogP contribution in [0.15, 0.2) is 42.7 Å². The van der Waals surface area contributed by atoms with Crippen molar-refractivity contribution in [2.45, 2.75) is 31.8 Å². The molecule has 25 heavy (non-hydrogen) atoms. The highest BCUT2D eigenvalue weighted by Crippen LogP contribution is 2.26. The van der Waals surface area contributed by atoms with Crippen LogP contribution in [0.25, 0.3) is 11.3 Å². The molecule has 2 heterocycles. The molecule has 128 valence electrons. The van der Waals surface area contributed by atoms with Crippen LogP contribution in [0.5, 0.6) is 0 Å². The Morgan fingerprint density at radius 2 is 1.76 bits per heavy atom. The fourth-order valence-corrected chi connectivity index (χ4v) is 3.28. The Hall–Kier alpha value is -2.76. The van der Waals surface area contributed by atoms with Crippen LogP contribution in [-0.4, -0.2) is 50.7 Å². The first-order chi connectivity index (χ1) is 12.2. The third-order valence-corrected chi connectivity index (χ3v) is 4.99. The lowest BCUT2D eigenvalue weighted by Gasteiger charge is -2.42. The second-order valence-corrected chi connectivity index (χ2v) is 6.57. The molecule has 0 N–H and O–H groups in total. The molecule has 1 aromatic carbocycles. The highest BCUT2D eigenvalue weighted by atomic mass is 16.2. The van der Waals surface area contributed by atoms with E-state index in [1.165, 1.54) is 0 Å². The summed E-state index contributed by atoms with van der Waals surface area (Å²) in [5, 5.41) is 0. The smallest absolute Gasteiger partial charge is 0.312 e. The highest BCUT2D eigenvalue weighted by molar-refractivity contribution is 6.35. The van der Waals surface area contributed by atoms with Crippen molar-refractivity contribution >= 4 is 11.8 Å². The second-order valence-electron chi connectivity index (χ2n) is 6.57.